The van der Waals surface area contributed by atoms with Crippen molar-refractivity contribution in [2.24, 2.45) is 0 Å². The van der Waals surface area contributed by atoms with E-state index in [4.69, 9.17) is 4.42 Å². The van der Waals surface area contributed by atoms with Gasteiger partial charge in [-0.1, -0.05) is 29.8 Å². The highest BCUT2D eigenvalue weighted by Crippen LogP contribution is 2.25. The summed E-state index contributed by atoms with van der Waals surface area (Å²) in [6, 6.07) is 12.2. The van der Waals surface area contributed by atoms with Crippen LogP contribution in [0.3, 0.4) is 0 Å². The first-order valence-electron chi connectivity index (χ1n) is 8.52. The topological polar surface area (TPSA) is 50.4 Å². The molecular formula is C20H25N3O2. The number of amides is 1. The van der Waals surface area contributed by atoms with Crippen LogP contribution in [0.4, 0.5) is 0 Å². The smallest absolute Gasteiger partial charge is 0.268 e. The van der Waals surface area contributed by atoms with Gasteiger partial charge < -0.3 is 19.2 Å². The maximum atomic E-state index is 12.7. The second kappa shape index (κ2) is 7.15. The van der Waals surface area contributed by atoms with Crippen LogP contribution in [0, 0.1) is 13.8 Å². The third-order valence-electron chi connectivity index (χ3n) is 4.25. The van der Waals surface area contributed by atoms with Gasteiger partial charge in [0, 0.05) is 31.8 Å². The molecule has 2 aromatic heterocycles. The van der Waals surface area contributed by atoms with E-state index < -0.39 is 0 Å². The van der Waals surface area contributed by atoms with Crippen LogP contribution in [0.5, 0.6) is 0 Å². The molecule has 132 valence electrons. The van der Waals surface area contributed by atoms with Crippen molar-refractivity contribution in [3.05, 3.63) is 59.0 Å². The van der Waals surface area contributed by atoms with E-state index in [0.29, 0.717) is 18.8 Å². The molecule has 0 aliphatic rings. The first kappa shape index (κ1) is 17.3. The van der Waals surface area contributed by atoms with Crippen molar-refractivity contribution in [1.29, 1.82) is 0 Å². The molecule has 3 aromatic rings. The van der Waals surface area contributed by atoms with Crippen LogP contribution in [0.15, 0.2) is 40.8 Å². The summed E-state index contributed by atoms with van der Waals surface area (Å²) in [4.78, 5) is 14.7. The zero-order valence-corrected chi connectivity index (χ0v) is 15.3. The van der Waals surface area contributed by atoms with Gasteiger partial charge in [-0.15, -0.1) is 0 Å². The van der Waals surface area contributed by atoms with E-state index in [9.17, 15) is 4.79 Å². The number of rotatable bonds is 6. The Morgan fingerprint density at radius 3 is 2.56 bits per heavy atom. The van der Waals surface area contributed by atoms with Crippen LogP contribution in [0.1, 0.15) is 27.4 Å². The Balaban J connectivity index is 1.90. The molecule has 2 heterocycles. The first-order chi connectivity index (χ1) is 11.9. The average Bonchev–Trinajstić information content (AvgIpc) is 3.06. The standard InChI is InChI=1S/C20H25N3O2/c1-14-5-7-16(8-6-14)13-23-17-11-15(2)25-19(17)12-18(23)20(24)21-9-10-22(3)4/h5-8,11-12H,9-10,13H2,1-4H3,(H,21,24). The Hall–Kier alpha value is -2.53. The fraction of sp³-hybridized carbons (Fsp3) is 0.350. The number of nitrogens with one attached hydrogen (secondary N) is 1. The Morgan fingerprint density at radius 2 is 1.88 bits per heavy atom. The summed E-state index contributed by atoms with van der Waals surface area (Å²) in [5, 5.41) is 2.99. The minimum absolute atomic E-state index is 0.0713. The van der Waals surface area contributed by atoms with Crippen LogP contribution < -0.4 is 5.32 Å². The summed E-state index contributed by atoms with van der Waals surface area (Å²) in [5.41, 5.74) is 4.72. The molecule has 1 aromatic carbocycles. The van der Waals surface area contributed by atoms with E-state index in [-0.39, 0.29) is 5.91 Å². The lowest BCUT2D eigenvalue weighted by molar-refractivity contribution is 0.0942. The first-order valence-corrected chi connectivity index (χ1v) is 8.52. The summed E-state index contributed by atoms with van der Waals surface area (Å²) < 4.78 is 7.76. The zero-order valence-electron chi connectivity index (χ0n) is 15.3. The fourth-order valence-corrected chi connectivity index (χ4v) is 2.88. The number of carbonyl (C=O) groups excluding carboxylic acids is 1. The highest BCUT2D eigenvalue weighted by molar-refractivity contribution is 5.97. The van der Waals surface area contributed by atoms with Crippen LogP contribution >= 0.6 is 0 Å². The van der Waals surface area contributed by atoms with Crippen molar-refractivity contribution in [2.75, 3.05) is 27.2 Å². The molecule has 0 aliphatic heterocycles. The maximum Gasteiger partial charge on any atom is 0.268 e. The maximum absolute atomic E-state index is 12.7. The van der Waals surface area contributed by atoms with Gasteiger partial charge in [-0.25, -0.2) is 0 Å². The normalized spacial score (nSPS) is 11.4. The molecule has 0 atom stereocenters. The van der Waals surface area contributed by atoms with Gasteiger partial charge in [-0.3, -0.25) is 4.79 Å². The van der Waals surface area contributed by atoms with Gasteiger partial charge in [-0.2, -0.15) is 0 Å². The van der Waals surface area contributed by atoms with E-state index in [1.165, 1.54) is 5.56 Å². The quantitative estimate of drug-likeness (QED) is 0.750. The molecule has 0 bridgehead atoms. The molecule has 0 saturated carbocycles. The van der Waals surface area contributed by atoms with Crippen molar-refractivity contribution in [3.63, 3.8) is 0 Å². The lowest BCUT2D eigenvalue weighted by Crippen LogP contribution is -2.32. The molecular weight excluding hydrogens is 314 g/mol. The number of likely N-dealkylation sites (N-methyl/N-ethyl adjacent to an activating group) is 1. The molecule has 3 rings (SSSR count). The Bertz CT molecular complexity index is 872. The molecule has 1 amide bonds. The zero-order chi connectivity index (χ0) is 18.0. The predicted octanol–water partition coefficient (Wildman–Crippen LogP) is 3.19. The second-order valence-corrected chi connectivity index (χ2v) is 6.77. The van der Waals surface area contributed by atoms with E-state index in [0.717, 1.165) is 29.0 Å². The number of fused-ring (bicyclic) bond motifs is 1. The van der Waals surface area contributed by atoms with E-state index in [2.05, 4.69) is 36.5 Å². The van der Waals surface area contributed by atoms with E-state index in [1.807, 2.05) is 42.6 Å². The van der Waals surface area contributed by atoms with Crippen molar-refractivity contribution in [2.45, 2.75) is 20.4 Å². The number of hydrogen-bond donors (Lipinski definition) is 1. The van der Waals surface area contributed by atoms with Crippen molar-refractivity contribution in [3.8, 4) is 0 Å². The third-order valence-corrected chi connectivity index (χ3v) is 4.25. The number of carbonyl (C=O) groups is 1. The summed E-state index contributed by atoms with van der Waals surface area (Å²) in [6.07, 6.45) is 0. The molecule has 0 radical (unpaired) electrons. The van der Waals surface area contributed by atoms with Crippen LogP contribution in [0.2, 0.25) is 0 Å². The monoisotopic (exact) mass is 339 g/mol. The lowest BCUT2D eigenvalue weighted by atomic mass is 10.1. The van der Waals surface area contributed by atoms with Crippen molar-refractivity contribution in [1.82, 2.24) is 14.8 Å². The van der Waals surface area contributed by atoms with E-state index >= 15 is 0 Å². The summed E-state index contributed by atoms with van der Waals surface area (Å²) in [7, 11) is 3.98. The van der Waals surface area contributed by atoms with Gasteiger partial charge in [-0.05, 0) is 33.5 Å². The Kier molecular flexibility index (Phi) is 4.95. The molecule has 0 spiro atoms. The van der Waals surface area contributed by atoms with Gasteiger partial charge in [0.05, 0.1) is 5.52 Å². The average molecular weight is 339 g/mol. The SMILES string of the molecule is Cc1ccc(Cn2c(C(=O)NCCN(C)C)cc3oc(C)cc32)cc1. The highest BCUT2D eigenvalue weighted by atomic mass is 16.3. The number of furan rings is 1. The minimum atomic E-state index is -0.0713. The Labute approximate surface area is 148 Å². The number of aryl methyl sites for hydroxylation is 2. The van der Waals surface area contributed by atoms with Gasteiger partial charge >= 0.3 is 0 Å². The molecule has 0 saturated heterocycles. The Morgan fingerprint density at radius 1 is 1.16 bits per heavy atom. The fourth-order valence-electron chi connectivity index (χ4n) is 2.88. The van der Waals surface area contributed by atoms with Crippen molar-refractivity contribution >= 4 is 17.0 Å². The van der Waals surface area contributed by atoms with Gasteiger partial charge in [0.25, 0.3) is 5.91 Å². The number of benzene rings is 1. The molecule has 1 N–H and O–H groups in total. The summed E-state index contributed by atoms with van der Waals surface area (Å²) in [6.45, 7) is 6.05. The van der Waals surface area contributed by atoms with E-state index in [1.54, 1.807) is 0 Å². The highest BCUT2D eigenvalue weighted by Gasteiger charge is 2.18. The summed E-state index contributed by atoms with van der Waals surface area (Å²) >= 11 is 0. The molecule has 5 nitrogen and oxygen atoms in total. The van der Waals surface area contributed by atoms with Crippen LogP contribution in [-0.2, 0) is 6.54 Å². The van der Waals surface area contributed by atoms with Gasteiger partial charge in [0.1, 0.15) is 11.5 Å². The molecule has 25 heavy (non-hydrogen) atoms. The number of hydrogen-bond acceptors (Lipinski definition) is 3. The molecule has 0 fully saturated rings. The van der Waals surface area contributed by atoms with Gasteiger partial charge in [0.2, 0.25) is 0 Å². The molecule has 0 aliphatic carbocycles. The number of nitrogens with zero attached hydrogens (tertiary/aromatic N) is 2. The lowest BCUT2D eigenvalue weighted by Gasteiger charge is -2.13. The molecule has 5 heteroatoms. The largest absolute Gasteiger partial charge is 0.460 e. The van der Waals surface area contributed by atoms with Crippen LogP contribution in [0.25, 0.3) is 11.1 Å². The van der Waals surface area contributed by atoms with Crippen LogP contribution in [-0.4, -0.2) is 42.6 Å². The summed E-state index contributed by atoms with van der Waals surface area (Å²) in [5.74, 6) is 0.778. The third kappa shape index (κ3) is 3.94. The minimum Gasteiger partial charge on any atom is -0.460 e. The number of aromatic nitrogens is 1. The van der Waals surface area contributed by atoms with Gasteiger partial charge in [0.15, 0.2) is 5.58 Å². The van der Waals surface area contributed by atoms with Crippen molar-refractivity contribution < 1.29 is 9.21 Å². The second-order valence-electron chi connectivity index (χ2n) is 6.77. The predicted molar refractivity (Wildman–Crippen MR) is 100 cm³/mol. The molecule has 0 unspecified atom stereocenters.